The molecule has 1 saturated heterocycles. The van der Waals surface area contributed by atoms with Gasteiger partial charge in [-0.3, -0.25) is 15.0 Å². The summed E-state index contributed by atoms with van der Waals surface area (Å²) in [6, 6.07) is 2.85. The number of rotatable bonds is 5. The molecule has 2 N–H and O–H groups in total. The number of nitrogens with one attached hydrogen (secondary N) is 1. The first-order chi connectivity index (χ1) is 10.1. The van der Waals surface area contributed by atoms with Crippen molar-refractivity contribution in [2.24, 2.45) is 0 Å². The Morgan fingerprint density at radius 1 is 1.43 bits per heavy atom. The van der Waals surface area contributed by atoms with Crippen LogP contribution in [0.25, 0.3) is 0 Å². The lowest BCUT2D eigenvalue weighted by Gasteiger charge is -2.33. The van der Waals surface area contributed by atoms with Crippen molar-refractivity contribution in [2.45, 2.75) is 6.04 Å². The summed E-state index contributed by atoms with van der Waals surface area (Å²) in [5, 5.41) is 24.2. The molecule has 2 rings (SSSR count). The zero-order valence-corrected chi connectivity index (χ0v) is 14.4. The van der Waals surface area contributed by atoms with E-state index in [0.29, 0.717) is 5.56 Å². The Balaban J connectivity index is 0.00000242. The first kappa shape index (κ1) is 21.5. The Morgan fingerprint density at radius 3 is 2.52 bits per heavy atom. The molecule has 0 radical (unpaired) electrons. The molecule has 130 valence electrons. The van der Waals surface area contributed by atoms with Gasteiger partial charge in [-0.05, 0) is 11.6 Å². The molecule has 1 aliphatic rings. The number of nitro groups is 1. The fraction of sp³-hybridized carbons (Fsp3) is 0.429. The quantitative estimate of drug-likeness (QED) is 0.472. The molecule has 0 amide bonds. The van der Waals surface area contributed by atoms with Crippen LogP contribution in [0, 0.1) is 10.1 Å². The Morgan fingerprint density at radius 2 is 2.04 bits per heavy atom. The third kappa shape index (κ3) is 4.71. The predicted octanol–water partition coefficient (Wildman–Crippen LogP) is 2.28. The molecule has 7 nitrogen and oxygen atoms in total. The highest BCUT2D eigenvalue weighted by molar-refractivity contribution is 5.85. The van der Waals surface area contributed by atoms with E-state index in [2.05, 4.69) is 16.8 Å². The van der Waals surface area contributed by atoms with E-state index in [1.54, 1.807) is 12.1 Å². The minimum atomic E-state index is -0.612. The number of methoxy groups -OCH3 is 1. The van der Waals surface area contributed by atoms with Gasteiger partial charge in [0, 0.05) is 32.2 Å². The number of piperazine rings is 1. The maximum atomic E-state index is 11.1. The van der Waals surface area contributed by atoms with Gasteiger partial charge in [-0.15, -0.1) is 31.4 Å². The standard InChI is InChI=1S/C14H19N3O4.2ClH/c1-3-11(16-6-4-15-5-7-16)10-8-12(17(19)20)14(18)13(9-10)21-2;;/h3,8-9,11,15,18H,1,4-7H2,2H3;2*1H/t11-;;/m1../s1. The van der Waals surface area contributed by atoms with Gasteiger partial charge in [0.25, 0.3) is 0 Å². The molecule has 1 aliphatic heterocycles. The van der Waals surface area contributed by atoms with E-state index >= 15 is 0 Å². The second-order valence-electron chi connectivity index (χ2n) is 4.81. The molecular weight excluding hydrogens is 345 g/mol. The highest BCUT2D eigenvalue weighted by Gasteiger charge is 2.25. The van der Waals surface area contributed by atoms with Crippen LogP contribution in [0.15, 0.2) is 24.8 Å². The number of phenols is 1. The first-order valence-corrected chi connectivity index (χ1v) is 6.71. The zero-order valence-electron chi connectivity index (χ0n) is 12.7. The molecule has 0 saturated carbocycles. The van der Waals surface area contributed by atoms with E-state index in [1.165, 1.54) is 13.2 Å². The molecular formula is C14H21Cl2N3O4. The average molecular weight is 366 g/mol. The number of hydrogen-bond acceptors (Lipinski definition) is 6. The molecule has 0 aliphatic carbocycles. The molecule has 1 aromatic rings. The summed E-state index contributed by atoms with van der Waals surface area (Å²) in [6.45, 7) is 7.21. The molecule has 1 atom stereocenters. The number of phenolic OH excluding ortho intramolecular Hbond substituents is 1. The smallest absolute Gasteiger partial charge is 0.315 e. The van der Waals surface area contributed by atoms with E-state index in [1.807, 2.05) is 0 Å². The second-order valence-corrected chi connectivity index (χ2v) is 4.81. The minimum absolute atomic E-state index is 0. The highest BCUT2D eigenvalue weighted by Crippen LogP contribution is 2.39. The van der Waals surface area contributed by atoms with Gasteiger partial charge in [0.1, 0.15) is 0 Å². The predicted molar refractivity (Wildman–Crippen MR) is 93.2 cm³/mol. The van der Waals surface area contributed by atoms with Crippen LogP contribution in [0.1, 0.15) is 11.6 Å². The molecule has 0 bridgehead atoms. The van der Waals surface area contributed by atoms with Gasteiger partial charge < -0.3 is 15.2 Å². The van der Waals surface area contributed by atoms with Gasteiger partial charge in [0.05, 0.1) is 18.1 Å². The SMILES string of the molecule is C=C[C@H](c1cc(OC)c(O)c([N+](=O)[O-])c1)N1CCNCC1.Cl.Cl. The summed E-state index contributed by atoms with van der Waals surface area (Å²) < 4.78 is 5.04. The summed E-state index contributed by atoms with van der Waals surface area (Å²) in [6.07, 6.45) is 1.75. The van der Waals surface area contributed by atoms with Gasteiger partial charge in [-0.2, -0.15) is 0 Å². The lowest BCUT2D eigenvalue weighted by atomic mass is 10.0. The lowest BCUT2D eigenvalue weighted by molar-refractivity contribution is -0.386. The van der Waals surface area contributed by atoms with Crippen molar-refractivity contribution in [1.29, 1.82) is 0 Å². The number of nitrogens with zero attached hydrogens (tertiary/aromatic N) is 2. The number of benzene rings is 1. The second kappa shape index (κ2) is 9.57. The molecule has 0 unspecified atom stereocenters. The molecule has 0 aromatic heterocycles. The van der Waals surface area contributed by atoms with Gasteiger partial charge >= 0.3 is 5.69 Å². The minimum Gasteiger partial charge on any atom is -0.500 e. The monoisotopic (exact) mass is 365 g/mol. The van der Waals surface area contributed by atoms with Crippen LogP contribution >= 0.6 is 24.8 Å². The van der Waals surface area contributed by atoms with Gasteiger partial charge in [0.2, 0.25) is 5.75 Å². The molecule has 1 fully saturated rings. The van der Waals surface area contributed by atoms with Crippen molar-refractivity contribution in [3.8, 4) is 11.5 Å². The summed E-state index contributed by atoms with van der Waals surface area (Å²) in [5.74, 6) is -0.351. The van der Waals surface area contributed by atoms with E-state index in [4.69, 9.17) is 4.74 Å². The third-order valence-corrected chi connectivity index (χ3v) is 3.60. The van der Waals surface area contributed by atoms with Crippen LogP contribution < -0.4 is 10.1 Å². The van der Waals surface area contributed by atoms with Crippen molar-refractivity contribution in [3.05, 3.63) is 40.5 Å². The number of nitro benzene ring substituents is 1. The highest BCUT2D eigenvalue weighted by atomic mass is 35.5. The molecule has 1 aromatic carbocycles. The Kier molecular flexibility index (Phi) is 8.93. The van der Waals surface area contributed by atoms with E-state index < -0.39 is 10.7 Å². The number of aromatic hydroxyl groups is 1. The molecule has 0 spiro atoms. The van der Waals surface area contributed by atoms with Gasteiger partial charge in [-0.25, -0.2) is 0 Å². The largest absolute Gasteiger partial charge is 0.500 e. The maximum Gasteiger partial charge on any atom is 0.315 e. The van der Waals surface area contributed by atoms with Crippen LogP contribution in [0.2, 0.25) is 0 Å². The summed E-state index contributed by atoms with van der Waals surface area (Å²) in [5.41, 5.74) is 0.333. The van der Waals surface area contributed by atoms with E-state index in [9.17, 15) is 15.2 Å². The average Bonchev–Trinajstić information content (AvgIpc) is 2.50. The topological polar surface area (TPSA) is 87.9 Å². The normalized spacial score (nSPS) is 15.7. The fourth-order valence-electron chi connectivity index (χ4n) is 2.54. The van der Waals surface area contributed by atoms with E-state index in [0.717, 1.165) is 26.2 Å². The Labute approximate surface area is 147 Å². The third-order valence-electron chi connectivity index (χ3n) is 3.60. The van der Waals surface area contributed by atoms with Crippen molar-refractivity contribution < 1.29 is 14.8 Å². The van der Waals surface area contributed by atoms with Crippen molar-refractivity contribution >= 4 is 30.5 Å². The number of hydrogen-bond donors (Lipinski definition) is 2. The molecule has 23 heavy (non-hydrogen) atoms. The summed E-state index contributed by atoms with van der Waals surface area (Å²) in [4.78, 5) is 12.6. The van der Waals surface area contributed by atoms with Gasteiger partial charge in [0.15, 0.2) is 5.75 Å². The number of ether oxygens (including phenoxy) is 1. The van der Waals surface area contributed by atoms with E-state index in [-0.39, 0.29) is 42.3 Å². The van der Waals surface area contributed by atoms with Crippen molar-refractivity contribution in [2.75, 3.05) is 33.3 Å². The Hall–Kier alpha value is -1.54. The van der Waals surface area contributed by atoms with Crippen LogP contribution in [-0.2, 0) is 0 Å². The fourth-order valence-corrected chi connectivity index (χ4v) is 2.54. The Bertz CT molecular complexity index is 551. The zero-order chi connectivity index (χ0) is 15.4. The van der Waals surface area contributed by atoms with Crippen molar-refractivity contribution in [1.82, 2.24) is 10.2 Å². The van der Waals surface area contributed by atoms with Crippen LogP contribution in [0.5, 0.6) is 11.5 Å². The molecule has 1 heterocycles. The summed E-state index contributed by atoms with van der Waals surface area (Å²) in [7, 11) is 1.37. The lowest BCUT2D eigenvalue weighted by Crippen LogP contribution is -2.44. The number of halogens is 2. The van der Waals surface area contributed by atoms with Crippen LogP contribution in [0.3, 0.4) is 0 Å². The van der Waals surface area contributed by atoms with Crippen LogP contribution in [0.4, 0.5) is 5.69 Å². The maximum absolute atomic E-state index is 11.1. The summed E-state index contributed by atoms with van der Waals surface area (Å²) >= 11 is 0. The van der Waals surface area contributed by atoms with Gasteiger partial charge in [-0.1, -0.05) is 6.08 Å². The first-order valence-electron chi connectivity index (χ1n) is 6.71. The van der Waals surface area contributed by atoms with Crippen molar-refractivity contribution in [3.63, 3.8) is 0 Å². The molecule has 9 heteroatoms. The van der Waals surface area contributed by atoms with Crippen LogP contribution in [-0.4, -0.2) is 48.2 Å².